The van der Waals surface area contributed by atoms with Gasteiger partial charge in [0.1, 0.15) is 5.52 Å². The average molecular weight is 304 g/mol. The first kappa shape index (κ1) is 12.4. The lowest BCUT2D eigenvalue weighted by Gasteiger charge is -2.14. The summed E-state index contributed by atoms with van der Waals surface area (Å²) in [7, 11) is 0. The molecule has 20 heavy (non-hydrogen) atoms. The van der Waals surface area contributed by atoms with E-state index in [1.807, 2.05) is 24.4 Å². The molecule has 3 aromatic rings. The molecule has 0 spiro atoms. The van der Waals surface area contributed by atoms with E-state index in [9.17, 15) is 0 Å². The number of nitrogens with zero attached hydrogens (tertiary/aromatic N) is 3. The zero-order chi connectivity index (χ0) is 13.5. The number of fused-ring (bicyclic) bond motifs is 1. The number of aromatic nitrogens is 3. The van der Waals surface area contributed by atoms with Gasteiger partial charge in [0.15, 0.2) is 11.5 Å². The van der Waals surface area contributed by atoms with Crippen LogP contribution in [0.3, 0.4) is 0 Å². The maximum absolute atomic E-state index is 6.09. The standard InChI is InChI=1S/C15H14ClN3S/c16-13-8-7-12(20-13)15-18-11-6-3-9-17-14(11)19(15)10-4-1-2-5-10/h3,6-10H,1-2,4-5H2. The Morgan fingerprint density at radius 2 is 2.05 bits per heavy atom. The highest BCUT2D eigenvalue weighted by molar-refractivity contribution is 7.19. The summed E-state index contributed by atoms with van der Waals surface area (Å²) in [6.07, 6.45) is 6.87. The second kappa shape index (κ2) is 4.86. The highest BCUT2D eigenvalue weighted by atomic mass is 35.5. The van der Waals surface area contributed by atoms with Crippen LogP contribution in [0.5, 0.6) is 0 Å². The normalized spacial score (nSPS) is 16.2. The number of thiophene rings is 1. The molecule has 1 saturated carbocycles. The van der Waals surface area contributed by atoms with E-state index in [0.717, 1.165) is 26.2 Å². The fourth-order valence-electron chi connectivity index (χ4n) is 3.05. The lowest BCUT2D eigenvalue weighted by Crippen LogP contribution is -2.06. The molecular weight excluding hydrogens is 290 g/mol. The van der Waals surface area contributed by atoms with Gasteiger partial charge in [-0.3, -0.25) is 0 Å². The third kappa shape index (κ3) is 1.95. The van der Waals surface area contributed by atoms with E-state index >= 15 is 0 Å². The van der Waals surface area contributed by atoms with Gasteiger partial charge in [-0.05, 0) is 37.1 Å². The van der Waals surface area contributed by atoms with Crippen LogP contribution in [0.2, 0.25) is 4.34 Å². The quantitative estimate of drug-likeness (QED) is 0.672. The Balaban J connectivity index is 1.96. The molecule has 3 heterocycles. The summed E-state index contributed by atoms with van der Waals surface area (Å²) in [4.78, 5) is 10.5. The zero-order valence-corrected chi connectivity index (χ0v) is 12.5. The van der Waals surface area contributed by atoms with Gasteiger partial charge >= 0.3 is 0 Å². The molecule has 0 unspecified atom stereocenters. The fraction of sp³-hybridized carbons (Fsp3) is 0.333. The summed E-state index contributed by atoms with van der Waals surface area (Å²) in [5, 5.41) is 0. The first-order chi connectivity index (χ1) is 9.83. The molecule has 0 atom stereocenters. The Morgan fingerprint density at radius 1 is 1.20 bits per heavy atom. The Bertz CT molecular complexity index is 755. The molecule has 3 nitrogen and oxygen atoms in total. The van der Waals surface area contributed by atoms with Crippen molar-refractivity contribution in [3.8, 4) is 10.7 Å². The predicted octanol–water partition coefficient (Wildman–Crippen LogP) is 4.93. The number of halogens is 1. The van der Waals surface area contributed by atoms with Crippen LogP contribution in [0, 0.1) is 0 Å². The van der Waals surface area contributed by atoms with Crippen LogP contribution < -0.4 is 0 Å². The summed E-state index contributed by atoms with van der Waals surface area (Å²) < 4.78 is 3.13. The minimum absolute atomic E-state index is 0.519. The van der Waals surface area contributed by atoms with Crippen molar-refractivity contribution in [3.05, 3.63) is 34.8 Å². The van der Waals surface area contributed by atoms with Crippen LogP contribution in [0.1, 0.15) is 31.7 Å². The molecule has 3 aromatic heterocycles. The first-order valence-corrected chi connectivity index (χ1v) is 8.11. The number of hydrogen-bond donors (Lipinski definition) is 0. The van der Waals surface area contributed by atoms with Gasteiger partial charge < -0.3 is 4.57 Å². The maximum Gasteiger partial charge on any atom is 0.160 e. The summed E-state index contributed by atoms with van der Waals surface area (Å²) in [6, 6.07) is 8.49. The summed E-state index contributed by atoms with van der Waals surface area (Å²) in [5.41, 5.74) is 1.97. The molecule has 4 rings (SSSR count). The Labute approximate surface area is 126 Å². The smallest absolute Gasteiger partial charge is 0.160 e. The minimum Gasteiger partial charge on any atom is -0.305 e. The Morgan fingerprint density at radius 3 is 2.80 bits per heavy atom. The number of hydrogen-bond acceptors (Lipinski definition) is 3. The first-order valence-electron chi connectivity index (χ1n) is 6.91. The molecule has 1 fully saturated rings. The highest BCUT2D eigenvalue weighted by Gasteiger charge is 2.24. The Hall–Kier alpha value is -1.39. The van der Waals surface area contributed by atoms with Gasteiger partial charge in [0, 0.05) is 12.2 Å². The molecule has 1 aliphatic rings. The van der Waals surface area contributed by atoms with Crippen LogP contribution in [0.25, 0.3) is 21.9 Å². The average Bonchev–Trinajstić information content (AvgIpc) is 3.15. The van der Waals surface area contributed by atoms with E-state index in [4.69, 9.17) is 16.6 Å². The monoisotopic (exact) mass is 303 g/mol. The van der Waals surface area contributed by atoms with Crippen LogP contribution in [-0.2, 0) is 0 Å². The van der Waals surface area contributed by atoms with E-state index in [1.54, 1.807) is 11.3 Å². The molecule has 102 valence electrons. The van der Waals surface area contributed by atoms with Crippen molar-refractivity contribution in [2.45, 2.75) is 31.7 Å². The lowest BCUT2D eigenvalue weighted by atomic mass is 10.2. The predicted molar refractivity (Wildman–Crippen MR) is 83.4 cm³/mol. The minimum atomic E-state index is 0.519. The SMILES string of the molecule is Clc1ccc(-c2nc3cccnc3n2C2CCCC2)s1. The second-order valence-electron chi connectivity index (χ2n) is 5.19. The molecular formula is C15H14ClN3S. The van der Waals surface area contributed by atoms with Gasteiger partial charge in [-0.1, -0.05) is 24.4 Å². The van der Waals surface area contributed by atoms with Crippen LogP contribution in [0.15, 0.2) is 30.5 Å². The molecule has 1 aliphatic carbocycles. The summed E-state index contributed by atoms with van der Waals surface area (Å²) in [5.74, 6) is 1.02. The van der Waals surface area contributed by atoms with Crippen molar-refractivity contribution in [3.63, 3.8) is 0 Å². The van der Waals surface area contributed by atoms with Gasteiger partial charge in [0.05, 0.1) is 9.21 Å². The fourth-order valence-corrected chi connectivity index (χ4v) is 4.08. The van der Waals surface area contributed by atoms with E-state index < -0.39 is 0 Å². The van der Waals surface area contributed by atoms with Gasteiger partial charge in [0.2, 0.25) is 0 Å². The van der Waals surface area contributed by atoms with Crippen molar-refractivity contribution in [2.75, 3.05) is 0 Å². The molecule has 0 aromatic carbocycles. The highest BCUT2D eigenvalue weighted by Crippen LogP contribution is 2.38. The van der Waals surface area contributed by atoms with E-state index in [-0.39, 0.29) is 0 Å². The number of imidazole rings is 1. The molecule has 0 N–H and O–H groups in total. The van der Waals surface area contributed by atoms with Gasteiger partial charge in [-0.15, -0.1) is 11.3 Å². The van der Waals surface area contributed by atoms with Gasteiger partial charge in [-0.25, -0.2) is 9.97 Å². The second-order valence-corrected chi connectivity index (χ2v) is 6.91. The maximum atomic E-state index is 6.09. The van der Waals surface area contributed by atoms with Crippen LogP contribution in [0.4, 0.5) is 0 Å². The number of pyridine rings is 1. The van der Waals surface area contributed by atoms with Crippen molar-refractivity contribution in [1.82, 2.24) is 14.5 Å². The largest absolute Gasteiger partial charge is 0.305 e. The third-order valence-corrected chi connectivity index (χ3v) is 5.16. The Kier molecular flexibility index (Phi) is 3.00. The van der Waals surface area contributed by atoms with Crippen molar-refractivity contribution < 1.29 is 0 Å². The molecule has 0 amide bonds. The lowest BCUT2D eigenvalue weighted by molar-refractivity contribution is 0.535. The van der Waals surface area contributed by atoms with Crippen LogP contribution in [-0.4, -0.2) is 14.5 Å². The third-order valence-electron chi connectivity index (χ3n) is 3.93. The molecule has 0 radical (unpaired) electrons. The van der Waals surface area contributed by atoms with Gasteiger partial charge in [0.25, 0.3) is 0 Å². The van der Waals surface area contributed by atoms with Crippen molar-refractivity contribution in [2.24, 2.45) is 0 Å². The molecule has 0 saturated heterocycles. The zero-order valence-electron chi connectivity index (χ0n) is 10.9. The topological polar surface area (TPSA) is 30.7 Å². The van der Waals surface area contributed by atoms with Crippen molar-refractivity contribution >= 4 is 34.1 Å². The summed E-state index contributed by atoms with van der Waals surface area (Å²) >= 11 is 7.67. The molecule has 0 aliphatic heterocycles. The van der Waals surface area contributed by atoms with Crippen molar-refractivity contribution in [1.29, 1.82) is 0 Å². The van der Waals surface area contributed by atoms with E-state index in [2.05, 4.69) is 15.6 Å². The van der Waals surface area contributed by atoms with Crippen LogP contribution >= 0.6 is 22.9 Å². The molecule has 5 heteroatoms. The number of rotatable bonds is 2. The van der Waals surface area contributed by atoms with E-state index in [1.165, 1.54) is 25.7 Å². The molecule has 0 bridgehead atoms. The van der Waals surface area contributed by atoms with E-state index in [0.29, 0.717) is 6.04 Å². The van der Waals surface area contributed by atoms with Gasteiger partial charge in [-0.2, -0.15) is 0 Å². The summed E-state index contributed by atoms with van der Waals surface area (Å²) in [6.45, 7) is 0.